The van der Waals surface area contributed by atoms with Crippen molar-refractivity contribution in [1.29, 1.82) is 0 Å². The maximum atomic E-state index is 10.2. The van der Waals surface area contributed by atoms with Crippen LogP contribution in [0.3, 0.4) is 0 Å². The second-order valence-electron chi connectivity index (χ2n) is 5.01. The number of anilines is 1. The lowest BCUT2D eigenvalue weighted by Crippen LogP contribution is -2.03. The number of aromatic nitrogens is 3. The predicted octanol–water partition coefficient (Wildman–Crippen LogP) is 2.97. The average molecular weight is 268 g/mol. The van der Waals surface area contributed by atoms with E-state index in [1.807, 2.05) is 18.2 Å². The number of aromatic hydroxyl groups is 1. The molecule has 0 atom stereocenters. The van der Waals surface area contributed by atoms with E-state index in [-0.39, 0.29) is 11.8 Å². The van der Waals surface area contributed by atoms with Crippen LogP contribution in [-0.2, 0) is 0 Å². The van der Waals surface area contributed by atoms with Crippen LogP contribution in [0.1, 0.15) is 19.9 Å². The normalized spacial score (nSPS) is 11.3. The summed E-state index contributed by atoms with van der Waals surface area (Å²) in [5.41, 5.74) is 8.56. The number of benzene rings is 1. The van der Waals surface area contributed by atoms with Crippen molar-refractivity contribution in [3.63, 3.8) is 0 Å². The molecule has 0 radical (unpaired) electrons. The number of phenols is 1. The zero-order chi connectivity index (χ0) is 14.3. The summed E-state index contributed by atoms with van der Waals surface area (Å²) in [5.74, 6) is 0.769. The molecule has 0 aliphatic rings. The van der Waals surface area contributed by atoms with Crippen molar-refractivity contribution in [2.24, 2.45) is 0 Å². The highest BCUT2D eigenvalue weighted by Gasteiger charge is 2.18. The summed E-state index contributed by atoms with van der Waals surface area (Å²) in [6.45, 7) is 4.16. The molecule has 0 saturated heterocycles. The molecular formula is C15H16N4O. The lowest BCUT2D eigenvalue weighted by molar-refractivity contribution is 0.478. The van der Waals surface area contributed by atoms with Gasteiger partial charge in [-0.25, -0.2) is 4.98 Å². The van der Waals surface area contributed by atoms with Crippen molar-refractivity contribution in [1.82, 2.24) is 14.5 Å². The van der Waals surface area contributed by atoms with Crippen LogP contribution in [0.15, 0.2) is 36.7 Å². The second-order valence-corrected chi connectivity index (χ2v) is 5.01. The number of rotatable bonds is 2. The maximum absolute atomic E-state index is 10.2. The standard InChI is InChI=1S/C15H16N4O/c1-9(2)19-13-6-7-17-8-12(13)18-15(19)10-4-3-5-11(16)14(10)20/h3-9,20H,16H2,1-2H3. The summed E-state index contributed by atoms with van der Waals surface area (Å²) in [6.07, 6.45) is 3.47. The van der Waals surface area contributed by atoms with Gasteiger partial charge < -0.3 is 15.4 Å². The Kier molecular flexibility index (Phi) is 2.82. The van der Waals surface area contributed by atoms with Gasteiger partial charge in [-0.05, 0) is 32.0 Å². The lowest BCUT2D eigenvalue weighted by Gasteiger charge is -2.14. The first-order valence-corrected chi connectivity index (χ1v) is 6.49. The average Bonchev–Trinajstić information content (AvgIpc) is 2.81. The van der Waals surface area contributed by atoms with E-state index in [1.54, 1.807) is 18.5 Å². The number of hydrogen-bond acceptors (Lipinski definition) is 4. The van der Waals surface area contributed by atoms with E-state index in [4.69, 9.17) is 5.73 Å². The van der Waals surface area contributed by atoms with Gasteiger partial charge in [-0.2, -0.15) is 0 Å². The van der Waals surface area contributed by atoms with Gasteiger partial charge in [-0.3, -0.25) is 4.98 Å². The molecule has 0 aliphatic carbocycles. The molecule has 0 spiro atoms. The molecule has 5 heteroatoms. The van der Waals surface area contributed by atoms with E-state index in [9.17, 15) is 5.11 Å². The van der Waals surface area contributed by atoms with Crippen molar-refractivity contribution < 1.29 is 5.11 Å². The van der Waals surface area contributed by atoms with Crippen LogP contribution in [0.4, 0.5) is 5.69 Å². The third-order valence-corrected chi connectivity index (χ3v) is 3.32. The van der Waals surface area contributed by atoms with Crippen LogP contribution in [0.25, 0.3) is 22.4 Å². The van der Waals surface area contributed by atoms with Crippen LogP contribution >= 0.6 is 0 Å². The predicted molar refractivity (Wildman–Crippen MR) is 79.4 cm³/mol. The van der Waals surface area contributed by atoms with Crippen LogP contribution in [-0.4, -0.2) is 19.6 Å². The second kappa shape index (κ2) is 4.52. The fourth-order valence-corrected chi connectivity index (χ4v) is 2.41. The van der Waals surface area contributed by atoms with Crippen molar-refractivity contribution >= 4 is 16.7 Å². The first kappa shape index (κ1) is 12.5. The van der Waals surface area contributed by atoms with Crippen LogP contribution in [0.2, 0.25) is 0 Å². The number of para-hydroxylation sites is 1. The Morgan fingerprint density at radius 3 is 2.80 bits per heavy atom. The summed E-state index contributed by atoms with van der Waals surface area (Å²) in [5, 5.41) is 10.2. The van der Waals surface area contributed by atoms with Gasteiger partial charge in [0.1, 0.15) is 17.1 Å². The Labute approximate surface area is 116 Å². The monoisotopic (exact) mass is 268 g/mol. The number of fused-ring (bicyclic) bond motifs is 1. The van der Waals surface area contributed by atoms with Gasteiger partial charge in [-0.1, -0.05) is 6.07 Å². The number of nitrogens with two attached hydrogens (primary N) is 1. The Hall–Kier alpha value is -2.56. The Morgan fingerprint density at radius 2 is 2.05 bits per heavy atom. The molecule has 3 aromatic rings. The molecule has 0 unspecified atom stereocenters. The quantitative estimate of drug-likeness (QED) is 0.553. The highest BCUT2D eigenvalue weighted by Crippen LogP contribution is 2.36. The molecular weight excluding hydrogens is 252 g/mol. The smallest absolute Gasteiger partial charge is 0.149 e. The molecule has 0 saturated carbocycles. The Balaban J connectivity index is 2.36. The number of pyridine rings is 1. The van der Waals surface area contributed by atoms with Crippen molar-refractivity contribution in [3.05, 3.63) is 36.7 Å². The minimum absolute atomic E-state index is 0.0673. The number of hydrogen-bond donors (Lipinski definition) is 2. The van der Waals surface area contributed by atoms with Gasteiger partial charge in [0.25, 0.3) is 0 Å². The topological polar surface area (TPSA) is 77.0 Å². The fourth-order valence-electron chi connectivity index (χ4n) is 2.41. The molecule has 20 heavy (non-hydrogen) atoms. The number of phenolic OH excluding ortho intramolecular Hbond substituents is 1. The maximum Gasteiger partial charge on any atom is 0.149 e. The molecule has 102 valence electrons. The highest BCUT2D eigenvalue weighted by molar-refractivity contribution is 5.83. The SMILES string of the molecule is CC(C)n1c(-c2cccc(N)c2O)nc2cnccc21. The molecule has 0 bridgehead atoms. The highest BCUT2D eigenvalue weighted by atomic mass is 16.3. The third kappa shape index (κ3) is 1.79. The van der Waals surface area contributed by atoms with Crippen molar-refractivity contribution in [2.45, 2.75) is 19.9 Å². The van der Waals surface area contributed by atoms with E-state index < -0.39 is 0 Å². The molecule has 1 aromatic carbocycles. The summed E-state index contributed by atoms with van der Waals surface area (Å²) in [6, 6.07) is 7.43. The number of nitrogens with zero attached hydrogens (tertiary/aromatic N) is 3. The van der Waals surface area contributed by atoms with Crippen LogP contribution < -0.4 is 5.73 Å². The largest absolute Gasteiger partial charge is 0.505 e. The van der Waals surface area contributed by atoms with Crippen molar-refractivity contribution in [2.75, 3.05) is 5.73 Å². The third-order valence-electron chi connectivity index (χ3n) is 3.32. The van der Waals surface area contributed by atoms with Gasteiger partial charge in [0.15, 0.2) is 0 Å². The van der Waals surface area contributed by atoms with E-state index >= 15 is 0 Å². The first-order valence-electron chi connectivity index (χ1n) is 6.49. The van der Waals surface area contributed by atoms with E-state index in [2.05, 4.69) is 28.4 Å². The van der Waals surface area contributed by atoms with E-state index in [0.29, 0.717) is 17.1 Å². The van der Waals surface area contributed by atoms with Crippen LogP contribution in [0, 0.1) is 0 Å². The molecule has 2 heterocycles. The van der Waals surface area contributed by atoms with Gasteiger partial charge in [0.05, 0.1) is 23.0 Å². The lowest BCUT2D eigenvalue weighted by atomic mass is 10.1. The minimum Gasteiger partial charge on any atom is -0.505 e. The van der Waals surface area contributed by atoms with Crippen molar-refractivity contribution in [3.8, 4) is 17.1 Å². The summed E-state index contributed by atoms with van der Waals surface area (Å²) in [7, 11) is 0. The van der Waals surface area contributed by atoms with Crippen LogP contribution in [0.5, 0.6) is 5.75 Å². The van der Waals surface area contributed by atoms with Gasteiger partial charge >= 0.3 is 0 Å². The first-order chi connectivity index (χ1) is 9.59. The molecule has 3 rings (SSSR count). The molecule has 5 nitrogen and oxygen atoms in total. The molecule has 3 N–H and O–H groups in total. The van der Waals surface area contributed by atoms with Gasteiger partial charge in [0.2, 0.25) is 0 Å². The van der Waals surface area contributed by atoms with Gasteiger partial charge in [0, 0.05) is 12.2 Å². The minimum atomic E-state index is 0.0673. The van der Waals surface area contributed by atoms with Gasteiger partial charge in [-0.15, -0.1) is 0 Å². The Bertz CT molecular complexity index is 777. The number of imidazole rings is 1. The molecule has 0 fully saturated rings. The fraction of sp³-hybridized carbons (Fsp3) is 0.200. The molecule has 0 aliphatic heterocycles. The Morgan fingerprint density at radius 1 is 1.25 bits per heavy atom. The molecule has 0 amide bonds. The van der Waals surface area contributed by atoms with E-state index in [0.717, 1.165) is 11.0 Å². The zero-order valence-electron chi connectivity index (χ0n) is 11.4. The summed E-state index contributed by atoms with van der Waals surface area (Å²) in [4.78, 5) is 8.69. The van der Waals surface area contributed by atoms with E-state index in [1.165, 1.54) is 0 Å². The zero-order valence-corrected chi connectivity index (χ0v) is 11.4. The number of nitrogen functional groups attached to an aromatic ring is 1. The summed E-state index contributed by atoms with van der Waals surface area (Å²) < 4.78 is 2.07. The summed E-state index contributed by atoms with van der Waals surface area (Å²) >= 11 is 0. The molecule has 2 aromatic heterocycles.